The molecule has 7 heteroatoms. The highest BCUT2D eigenvalue weighted by Crippen LogP contribution is 2.30. The molecule has 6 bridgehead atoms. The maximum Gasteiger partial charge on any atom is 0.326 e. The smallest absolute Gasteiger partial charge is 0.326 e. The van der Waals surface area contributed by atoms with E-state index in [1.54, 1.807) is 24.4 Å². The lowest BCUT2D eigenvalue weighted by molar-refractivity contribution is 0.485. The summed E-state index contributed by atoms with van der Waals surface area (Å²) in [5, 5.41) is 25.0. The number of imidazole rings is 1. The summed E-state index contributed by atoms with van der Waals surface area (Å²) in [6.07, 6.45) is 7.00. The Labute approximate surface area is 195 Å². The van der Waals surface area contributed by atoms with Gasteiger partial charge in [-0.25, -0.2) is 9.72 Å². The van der Waals surface area contributed by atoms with E-state index in [9.17, 15) is 10.5 Å². The van der Waals surface area contributed by atoms with Crippen molar-refractivity contribution in [1.29, 1.82) is 5.26 Å². The average Bonchev–Trinajstić information content (AvgIpc) is 3.31. The third-order valence-electron chi connectivity index (χ3n) is 6.16. The highest BCUT2D eigenvalue weighted by molar-refractivity contribution is 5.76. The number of aromatic nitrogens is 3. The van der Waals surface area contributed by atoms with Crippen LogP contribution in [0.5, 0.6) is 11.5 Å². The van der Waals surface area contributed by atoms with E-state index < -0.39 is 0 Å². The first kappa shape index (κ1) is 19.9. The first-order valence-electron chi connectivity index (χ1n) is 11.0. The molecular formula is C27H19N5O2. The second kappa shape index (κ2) is 8.01. The van der Waals surface area contributed by atoms with E-state index in [-0.39, 0.29) is 0 Å². The van der Waals surface area contributed by atoms with E-state index in [2.05, 4.69) is 20.6 Å². The molecule has 0 saturated heterocycles. The van der Waals surface area contributed by atoms with Gasteiger partial charge in [0.05, 0.1) is 17.3 Å². The first-order valence-corrected chi connectivity index (χ1v) is 11.0. The molecule has 34 heavy (non-hydrogen) atoms. The number of pyridine rings is 1. The van der Waals surface area contributed by atoms with Crippen molar-refractivity contribution >= 4 is 16.6 Å². The van der Waals surface area contributed by atoms with Crippen molar-refractivity contribution in [1.82, 2.24) is 19.3 Å². The minimum Gasteiger partial charge on any atom is -0.710 e. The second-order valence-corrected chi connectivity index (χ2v) is 8.35. The summed E-state index contributed by atoms with van der Waals surface area (Å²) in [5.74, 6) is 1.25. The molecule has 7 nitrogen and oxygen atoms in total. The van der Waals surface area contributed by atoms with Crippen molar-refractivity contribution in [2.75, 3.05) is 0 Å². The van der Waals surface area contributed by atoms with Crippen molar-refractivity contribution in [3.05, 3.63) is 112 Å². The van der Waals surface area contributed by atoms with Gasteiger partial charge in [-0.3, -0.25) is 0 Å². The van der Waals surface area contributed by atoms with Gasteiger partial charge in [-0.1, -0.05) is 18.2 Å². The van der Waals surface area contributed by atoms with Crippen molar-refractivity contribution in [2.24, 2.45) is 0 Å². The van der Waals surface area contributed by atoms with Gasteiger partial charge in [0.15, 0.2) is 0 Å². The summed E-state index contributed by atoms with van der Waals surface area (Å²) < 4.78 is 9.18. The van der Waals surface area contributed by atoms with Gasteiger partial charge in [0.2, 0.25) is 0 Å². The molecule has 0 aliphatic carbocycles. The van der Waals surface area contributed by atoms with Gasteiger partial charge in [0.25, 0.3) is 0 Å². The van der Waals surface area contributed by atoms with Crippen molar-refractivity contribution < 1.29 is 4.74 Å². The number of ether oxygens (including phenoxy) is 1. The standard InChI is InChI=1S/C27H19N5O2/c28-13-21-6-1-20-12-26(21)34-25-9-4-18-3-8-24(23(25)11-18)32(33)27-10-5-19(14-30-27)2-7-22-15-29-17-31(22)16-20/h1,3-6,8-12,14-15,17H,2,7,16H2. The van der Waals surface area contributed by atoms with Crippen LogP contribution in [0.1, 0.15) is 22.4 Å². The number of rotatable bonds is 0. The summed E-state index contributed by atoms with van der Waals surface area (Å²) in [6, 6.07) is 20.8. The molecule has 2 aliphatic heterocycles. The molecule has 164 valence electrons. The number of nitriles is 1. The van der Waals surface area contributed by atoms with Crippen molar-refractivity contribution in [2.45, 2.75) is 19.4 Å². The SMILES string of the molecule is N#Cc1ccc2cc1Oc1ccc3ccc(c1c3)=[N+]([O-])c1ccc(cn1)CCc1cncn1C2. The number of nitrogens with zero attached hydrogens (tertiary/aromatic N) is 5. The summed E-state index contributed by atoms with van der Waals surface area (Å²) in [7, 11) is 0. The molecule has 0 spiro atoms. The van der Waals surface area contributed by atoms with Gasteiger partial charge < -0.3 is 14.5 Å². The molecule has 4 heterocycles. The molecule has 0 N–H and O–H groups in total. The van der Waals surface area contributed by atoms with Gasteiger partial charge in [0, 0.05) is 24.5 Å². The molecule has 0 amide bonds. The van der Waals surface area contributed by atoms with Crippen LogP contribution in [0.25, 0.3) is 10.8 Å². The molecular weight excluding hydrogens is 426 g/mol. The van der Waals surface area contributed by atoms with Crippen molar-refractivity contribution in [3.63, 3.8) is 0 Å². The normalized spacial score (nSPS) is 13.2. The Bertz CT molecular complexity index is 1630. The summed E-state index contributed by atoms with van der Waals surface area (Å²) in [6.45, 7) is 0.606. The van der Waals surface area contributed by atoms with Gasteiger partial charge >= 0.3 is 5.82 Å². The Hall–Kier alpha value is -4.70. The molecule has 2 aromatic heterocycles. The largest absolute Gasteiger partial charge is 0.710 e. The summed E-state index contributed by atoms with van der Waals surface area (Å²) >= 11 is 0. The van der Waals surface area contributed by atoms with E-state index >= 15 is 0 Å². The molecule has 0 saturated carbocycles. The number of benzene rings is 3. The van der Waals surface area contributed by atoms with Crippen LogP contribution in [0.3, 0.4) is 0 Å². The number of fused-ring (bicyclic) bond motifs is 4. The highest BCUT2D eigenvalue weighted by atomic mass is 16.5. The number of hydrogen-bond donors (Lipinski definition) is 0. The lowest BCUT2D eigenvalue weighted by atomic mass is 10.1. The van der Waals surface area contributed by atoms with E-state index in [0.29, 0.717) is 40.2 Å². The fourth-order valence-electron chi connectivity index (χ4n) is 4.32. The molecule has 7 rings (SSSR count). The molecule has 0 atom stereocenters. The van der Waals surface area contributed by atoms with Crippen LogP contribution in [0.4, 0.5) is 5.82 Å². The zero-order chi connectivity index (χ0) is 23.1. The first-order chi connectivity index (χ1) is 16.7. The highest BCUT2D eigenvalue weighted by Gasteiger charge is 2.14. The monoisotopic (exact) mass is 445 g/mol. The van der Waals surface area contributed by atoms with E-state index in [1.165, 1.54) is 0 Å². The third kappa shape index (κ3) is 3.51. The fraction of sp³-hybridized carbons (Fsp3) is 0.111. The van der Waals surface area contributed by atoms with Gasteiger partial charge in [-0.2, -0.15) is 5.26 Å². The maximum atomic E-state index is 13.3. The lowest BCUT2D eigenvalue weighted by Crippen LogP contribution is -2.21. The predicted molar refractivity (Wildman–Crippen MR) is 128 cm³/mol. The van der Waals surface area contributed by atoms with Crippen LogP contribution in [0, 0.1) is 16.5 Å². The average molecular weight is 445 g/mol. The third-order valence-corrected chi connectivity index (χ3v) is 6.16. The van der Waals surface area contributed by atoms with Crippen LogP contribution in [0.2, 0.25) is 0 Å². The lowest BCUT2D eigenvalue weighted by Gasteiger charge is -2.14. The van der Waals surface area contributed by atoms with Crippen LogP contribution in [-0.2, 0) is 19.4 Å². The minimum absolute atomic E-state index is 0.302. The van der Waals surface area contributed by atoms with Gasteiger partial charge in [-0.15, -0.1) is 0 Å². The van der Waals surface area contributed by atoms with Crippen molar-refractivity contribution in [3.8, 4) is 17.6 Å². The summed E-state index contributed by atoms with van der Waals surface area (Å²) in [5.41, 5.74) is 3.55. The Morgan fingerprint density at radius 1 is 0.941 bits per heavy atom. The Kier molecular flexibility index (Phi) is 4.70. The topological polar surface area (TPSA) is 89.8 Å². The summed E-state index contributed by atoms with van der Waals surface area (Å²) in [4.78, 5) is 8.75. The molecule has 0 radical (unpaired) electrons. The maximum absolute atomic E-state index is 13.3. The predicted octanol–water partition coefficient (Wildman–Crippen LogP) is 4.28. The van der Waals surface area contributed by atoms with Crippen LogP contribution >= 0.6 is 0 Å². The number of aryl methyl sites for hydroxylation is 2. The van der Waals surface area contributed by atoms with Gasteiger partial charge in [-0.05, 0) is 70.7 Å². The molecule has 0 fully saturated rings. The molecule has 2 aliphatic rings. The van der Waals surface area contributed by atoms with E-state index in [1.807, 2.05) is 55.0 Å². The van der Waals surface area contributed by atoms with Crippen LogP contribution < -0.4 is 14.8 Å². The Morgan fingerprint density at radius 3 is 2.68 bits per heavy atom. The van der Waals surface area contributed by atoms with E-state index in [4.69, 9.17) is 4.74 Å². The fourth-order valence-corrected chi connectivity index (χ4v) is 4.32. The van der Waals surface area contributed by atoms with E-state index in [0.717, 1.165) is 39.8 Å². The number of hydrogen-bond acceptors (Lipinski definition) is 5. The minimum atomic E-state index is 0.302. The zero-order valence-corrected chi connectivity index (χ0v) is 18.2. The second-order valence-electron chi connectivity index (χ2n) is 8.35. The Morgan fingerprint density at radius 2 is 1.82 bits per heavy atom. The zero-order valence-electron chi connectivity index (χ0n) is 18.2. The quantitative estimate of drug-likeness (QED) is 0.262. The molecule has 5 aromatic rings. The molecule has 3 aromatic carbocycles. The van der Waals surface area contributed by atoms with Crippen LogP contribution in [-0.4, -0.2) is 14.5 Å². The molecule has 0 unspecified atom stereocenters. The van der Waals surface area contributed by atoms with Gasteiger partial charge in [0.1, 0.15) is 29.1 Å². The Balaban J connectivity index is 1.58. The van der Waals surface area contributed by atoms with Crippen LogP contribution in [0.15, 0.2) is 79.4 Å².